The van der Waals surface area contributed by atoms with Crippen molar-refractivity contribution in [2.75, 3.05) is 27.3 Å². The Morgan fingerprint density at radius 1 is 1.10 bits per heavy atom. The number of carbonyl (C=O) groups is 1. The Hall–Kier alpha value is -1.39. The summed E-state index contributed by atoms with van der Waals surface area (Å²) in [6, 6.07) is 7.92. The fourth-order valence-corrected chi connectivity index (χ4v) is 2.74. The highest BCUT2D eigenvalue weighted by Crippen LogP contribution is 2.27. The zero-order valence-electron chi connectivity index (χ0n) is 13.4. The lowest BCUT2D eigenvalue weighted by molar-refractivity contribution is -0.226. The molecule has 1 fully saturated rings. The number of hydrogen-bond acceptors (Lipinski definition) is 3. The van der Waals surface area contributed by atoms with E-state index in [9.17, 15) is 4.79 Å². The molecule has 4 nitrogen and oxygen atoms in total. The SMILES string of the molecule is COC1(OC)CCN(C(=O)c2ccc(C(C)C)cc2)CC1. The summed E-state index contributed by atoms with van der Waals surface area (Å²) in [5, 5.41) is 0. The molecule has 0 spiro atoms. The van der Waals surface area contributed by atoms with Crippen LogP contribution >= 0.6 is 0 Å². The van der Waals surface area contributed by atoms with Crippen LogP contribution in [0, 0.1) is 0 Å². The molecule has 1 aromatic rings. The van der Waals surface area contributed by atoms with E-state index in [-0.39, 0.29) is 5.91 Å². The highest BCUT2D eigenvalue weighted by molar-refractivity contribution is 5.94. The highest BCUT2D eigenvalue weighted by Gasteiger charge is 2.36. The van der Waals surface area contributed by atoms with Gasteiger partial charge >= 0.3 is 0 Å². The Kier molecular flexibility index (Phi) is 5.01. The number of benzene rings is 1. The molecule has 1 saturated heterocycles. The lowest BCUT2D eigenvalue weighted by Gasteiger charge is -2.39. The predicted molar refractivity (Wildman–Crippen MR) is 82.4 cm³/mol. The average molecular weight is 291 g/mol. The van der Waals surface area contributed by atoms with E-state index in [0.29, 0.717) is 31.8 Å². The van der Waals surface area contributed by atoms with Crippen LogP contribution in [0.4, 0.5) is 0 Å². The first-order chi connectivity index (χ1) is 10.0. The van der Waals surface area contributed by atoms with Crippen LogP contribution in [0.2, 0.25) is 0 Å². The summed E-state index contributed by atoms with van der Waals surface area (Å²) in [5.74, 6) is 0.0393. The van der Waals surface area contributed by atoms with E-state index in [4.69, 9.17) is 9.47 Å². The third-order valence-electron chi connectivity index (χ3n) is 4.38. The average Bonchev–Trinajstić information content (AvgIpc) is 2.54. The van der Waals surface area contributed by atoms with Crippen LogP contribution in [-0.4, -0.2) is 43.9 Å². The molecule has 1 heterocycles. The van der Waals surface area contributed by atoms with E-state index in [1.807, 2.05) is 29.2 Å². The number of ether oxygens (including phenoxy) is 2. The van der Waals surface area contributed by atoms with Crippen molar-refractivity contribution in [3.8, 4) is 0 Å². The summed E-state index contributed by atoms with van der Waals surface area (Å²) < 4.78 is 10.9. The zero-order chi connectivity index (χ0) is 15.5. The second-order valence-electron chi connectivity index (χ2n) is 5.89. The first-order valence-corrected chi connectivity index (χ1v) is 7.51. The van der Waals surface area contributed by atoms with Gasteiger partial charge in [0.25, 0.3) is 5.91 Å². The Balaban J connectivity index is 2.01. The molecule has 0 unspecified atom stereocenters. The summed E-state index contributed by atoms with van der Waals surface area (Å²) in [6.07, 6.45) is 1.41. The van der Waals surface area contributed by atoms with Gasteiger partial charge in [0.05, 0.1) is 0 Å². The van der Waals surface area contributed by atoms with E-state index >= 15 is 0 Å². The minimum Gasteiger partial charge on any atom is -0.353 e. The summed E-state index contributed by atoms with van der Waals surface area (Å²) in [7, 11) is 3.32. The van der Waals surface area contributed by atoms with Gasteiger partial charge in [0.2, 0.25) is 0 Å². The van der Waals surface area contributed by atoms with Crippen molar-refractivity contribution in [2.24, 2.45) is 0 Å². The molecule has 0 N–H and O–H groups in total. The maximum atomic E-state index is 12.5. The van der Waals surface area contributed by atoms with Crippen molar-refractivity contribution in [3.63, 3.8) is 0 Å². The number of hydrogen-bond donors (Lipinski definition) is 0. The van der Waals surface area contributed by atoms with Gasteiger partial charge in [0.1, 0.15) is 0 Å². The summed E-state index contributed by atoms with van der Waals surface area (Å²) >= 11 is 0. The van der Waals surface area contributed by atoms with E-state index in [2.05, 4.69) is 13.8 Å². The smallest absolute Gasteiger partial charge is 0.253 e. The Morgan fingerprint density at radius 2 is 1.62 bits per heavy atom. The molecule has 0 aliphatic carbocycles. The minimum absolute atomic E-state index is 0.0890. The van der Waals surface area contributed by atoms with Gasteiger partial charge in [-0.3, -0.25) is 4.79 Å². The first kappa shape index (κ1) is 16.0. The predicted octanol–water partition coefficient (Wildman–Crippen LogP) is 3.04. The first-order valence-electron chi connectivity index (χ1n) is 7.51. The van der Waals surface area contributed by atoms with Gasteiger partial charge in [-0.1, -0.05) is 26.0 Å². The van der Waals surface area contributed by atoms with Gasteiger partial charge in [0, 0.05) is 45.7 Å². The van der Waals surface area contributed by atoms with Gasteiger partial charge in [-0.15, -0.1) is 0 Å². The molecule has 0 radical (unpaired) electrons. The van der Waals surface area contributed by atoms with E-state index in [1.165, 1.54) is 5.56 Å². The third-order valence-corrected chi connectivity index (χ3v) is 4.38. The fraction of sp³-hybridized carbons (Fsp3) is 0.588. The van der Waals surface area contributed by atoms with Crippen molar-refractivity contribution in [2.45, 2.75) is 38.4 Å². The van der Waals surface area contributed by atoms with Crippen molar-refractivity contribution in [1.29, 1.82) is 0 Å². The molecule has 1 aromatic carbocycles. The van der Waals surface area contributed by atoms with Gasteiger partial charge < -0.3 is 14.4 Å². The quantitative estimate of drug-likeness (QED) is 0.800. The van der Waals surface area contributed by atoms with Gasteiger partial charge in [-0.25, -0.2) is 0 Å². The van der Waals surface area contributed by atoms with Crippen molar-refractivity contribution >= 4 is 5.91 Å². The molecule has 2 rings (SSSR count). The number of likely N-dealkylation sites (tertiary alicyclic amines) is 1. The van der Waals surface area contributed by atoms with Crippen molar-refractivity contribution in [3.05, 3.63) is 35.4 Å². The zero-order valence-corrected chi connectivity index (χ0v) is 13.4. The molecule has 0 saturated carbocycles. The molecule has 0 atom stereocenters. The normalized spacial score (nSPS) is 18.0. The molecule has 1 amide bonds. The Morgan fingerprint density at radius 3 is 2.05 bits per heavy atom. The maximum Gasteiger partial charge on any atom is 0.253 e. The lowest BCUT2D eigenvalue weighted by Crippen LogP contribution is -2.48. The van der Waals surface area contributed by atoms with Gasteiger partial charge in [0.15, 0.2) is 5.79 Å². The lowest BCUT2D eigenvalue weighted by atomic mass is 10.00. The van der Waals surface area contributed by atoms with E-state index in [0.717, 1.165) is 5.56 Å². The standard InChI is InChI=1S/C17H25NO3/c1-13(2)14-5-7-15(8-6-14)16(19)18-11-9-17(20-3,21-4)10-12-18/h5-8,13H,9-12H2,1-4H3. The molecular formula is C17H25NO3. The number of rotatable bonds is 4. The van der Waals surface area contributed by atoms with Crippen molar-refractivity contribution < 1.29 is 14.3 Å². The molecule has 4 heteroatoms. The fourth-order valence-electron chi connectivity index (χ4n) is 2.74. The van der Waals surface area contributed by atoms with Gasteiger partial charge in [-0.2, -0.15) is 0 Å². The number of piperidine rings is 1. The van der Waals surface area contributed by atoms with Gasteiger partial charge in [-0.05, 0) is 23.6 Å². The second-order valence-corrected chi connectivity index (χ2v) is 5.89. The van der Waals surface area contributed by atoms with E-state index in [1.54, 1.807) is 14.2 Å². The number of methoxy groups -OCH3 is 2. The highest BCUT2D eigenvalue weighted by atomic mass is 16.7. The third kappa shape index (κ3) is 3.44. The molecule has 116 valence electrons. The number of nitrogens with zero attached hydrogens (tertiary/aromatic N) is 1. The van der Waals surface area contributed by atoms with Crippen LogP contribution in [0.25, 0.3) is 0 Å². The largest absolute Gasteiger partial charge is 0.353 e. The van der Waals surface area contributed by atoms with Crippen LogP contribution in [0.5, 0.6) is 0 Å². The van der Waals surface area contributed by atoms with Crippen LogP contribution in [-0.2, 0) is 9.47 Å². The Labute approximate surface area is 127 Å². The van der Waals surface area contributed by atoms with Crippen LogP contribution < -0.4 is 0 Å². The summed E-state index contributed by atoms with van der Waals surface area (Å²) in [5.41, 5.74) is 2.00. The molecule has 1 aliphatic heterocycles. The molecular weight excluding hydrogens is 266 g/mol. The topological polar surface area (TPSA) is 38.8 Å². The Bertz CT molecular complexity index is 467. The molecule has 0 aromatic heterocycles. The summed E-state index contributed by atoms with van der Waals surface area (Å²) in [4.78, 5) is 14.4. The summed E-state index contributed by atoms with van der Waals surface area (Å²) in [6.45, 7) is 5.62. The molecule has 0 bridgehead atoms. The van der Waals surface area contributed by atoms with Crippen LogP contribution in [0.15, 0.2) is 24.3 Å². The minimum atomic E-state index is -0.529. The maximum absolute atomic E-state index is 12.5. The van der Waals surface area contributed by atoms with Crippen LogP contribution in [0.1, 0.15) is 48.5 Å². The van der Waals surface area contributed by atoms with Crippen molar-refractivity contribution in [1.82, 2.24) is 4.90 Å². The number of amides is 1. The second kappa shape index (κ2) is 6.58. The molecule has 21 heavy (non-hydrogen) atoms. The molecule has 1 aliphatic rings. The van der Waals surface area contributed by atoms with E-state index < -0.39 is 5.79 Å². The monoisotopic (exact) mass is 291 g/mol. The van der Waals surface area contributed by atoms with Crippen LogP contribution in [0.3, 0.4) is 0 Å². The number of carbonyl (C=O) groups excluding carboxylic acids is 1.